The Hall–Kier alpha value is -2.74. The first-order valence-electron chi connectivity index (χ1n) is 5.49. The summed E-state index contributed by atoms with van der Waals surface area (Å²) in [5.74, 6) is 3.47. The van der Waals surface area contributed by atoms with Gasteiger partial charge in [-0.1, -0.05) is 12.1 Å². The second-order valence-corrected chi connectivity index (χ2v) is 3.82. The number of nitrogens with zero attached hydrogens (tertiary/aromatic N) is 1. The highest BCUT2D eigenvalue weighted by atomic mass is 19.1. The van der Waals surface area contributed by atoms with Crippen molar-refractivity contribution < 1.29 is 13.7 Å². The molecule has 104 valence electrons. The van der Waals surface area contributed by atoms with Gasteiger partial charge in [-0.2, -0.15) is 0 Å². The molecule has 2 rings (SSSR count). The van der Waals surface area contributed by atoms with Crippen molar-refractivity contribution in [3.63, 3.8) is 0 Å². The number of nitrogen functional groups attached to an aromatic ring is 1. The number of para-hydroxylation sites is 2. The Morgan fingerprint density at radius 3 is 2.15 bits per heavy atom. The lowest BCUT2D eigenvalue weighted by Gasteiger charge is -2.11. The molecule has 0 radical (unpaired) electrons. The van der Waals surface area contributed by atoms with Gasteiger partial charge in [0.05, 0.1) is 4.92 Å². The Labute approximate surface area is 112 Å². The largest absolute Gasteiger partial charge is 0.345 e. The average molecular weight is 280 g/mol. The zero-order chi connectivity index (χ0) is 14.7. The van der Waals surface area contributed by atoms with Gasteiger partial charge in [0.1, 0.15) is 28.7 Å². The molecule has 0 aliphatic heterocycles. The number of anilines is 3. The molecule has 0 bridgehead atoms. The summed E-state index contributed by atoms with van der Waals surface area (Å²) in [5, 5.41) is 13.4. The fourth-order valence-corrected chi connectivity index (χ4v) is 1.71. The predicted molar refractivity (Wildman–Crippen MR) is 70.5 cm³/mol. The van der Waals surface area contributed by atoms with Crippen molar-refractivity contribution in [3.8, 4) is 0 Å². The number of nitro groups is 1. The first-order valence-corrected chi connectivity index (χ1v) is 5.49. The molecular formula is C12H10F2N4O2. The van der Waals surface area contributed by atoms with Crippen molar-refractivity contribution in [2.45, 2.75) is 0 Å². The third-order valence-corrected chi connectivity index (χ3v) is 2.60. The van der Waals surface area contributed by atoms with Crippen molar-refractivity contribution in [1.82, 2.24) is 0 Å². The Morgan fingerprint density at radius 2 is 1.60 bits per heavy atom. The summed E-state index contributed by atoms with van der Waals surface area (Å²) in [7, 11) is 0. The maximum absolute atomic E-state index is 13.5. The number of halogens is 2. The molecule has 0 spiro atoms. The molecule has 2 aromatic rings. The summed E-state index contributed by atoms with van der Waals surface area (Å²) in [6.45, 7) is 0. The molecular weight excluding hydrogens is 270 g/mol. The van der Waals surface area contributed by atoms with Gasteiger partial charge in [0, 0.05) is 0 Å². The molecule has 20 heavy (non-hydrogen) atoms. The number of nitro benzene ring substituents is 1. The number of hydrogen-bond donors (Lipinski definition) is 3. The van der Waals surface area contributed by atoms with Crippen LogP contribution in [0.1, 0.15) is 0 Å². The third-order valence-electron chi connectivity index (χ3n) is 2.60. The van der Waals surface area contributed by atoms with Crippen molar-refractivity contribution in [1.29, 1.82) is 0 Å². The lowest BCUT2D eigenvalue weighted by Crippen LogP contribution is -2.10. The summed E-state index contributed by atoms with van der Waals surface area (Å²) in [6.07, 6.45) is 0. The van der Waals surface area contributed by atoms with E-state index in [-0.39, 0.29) is 11.4 Å². The maximum atomic E-state index is 13.5. The fourth-order valence-electron chi connectivity index (χ4n) is 1.71. The van der Waals surface area contributed by atoms with E-state index >= 15 is 0 Å². The van der Waals surface area contributed by atoms with Gasteiger partial charge in [0.2, 0.25) is 0 Å². The monoisotopic (exact) mass is 280 g/mol. The standard InChI is InChI=1S/C12H10F2N4O2/c13-7-3-1-4-8(14)11(7)16-9-5-2-6-10(17-15)12(9)18(19)20/h1-6,16-17H,15H2. The van der Waals surface area contributed by atoms with Gasteiger partial charge in [0.15, 0.2) is 0 Å². The third kappa shape index (κ3) is 2.50. The lowest BCUT2D eigenvalue weighted by molar-refractivity contribution is -0.383. The Morgan fingerprint density at radius 1 is 1.05 bits per heavy atom. The highest BCUT2D eigenvalue weighted by molar-refractivity contribution is 5.79. The minimum absolute atomic E-state index is 0.0248. The second-order valence-electron chi connectivity index (χ2n) is 3.82. The number of hydrazine groups is 1. The first-order chi connectivity index (χ1) is 9.54. The van der Waals surface area contributed by atoms with Gasteiger partial charge >= 0.3 is 5.69 Å². The second kappa shape index (κ2) is 5.49. The maximum Gasteiger partial charge on any atom is 0.316 e. The molecule has 4 N–H and O–H groups in total. The number of nitrogens with two attached hydrogens (primary N) is 1. The predicted octanol–water partition coefficient (Wildman–Crippen LogP) is 2.90. The van der Waals surface area contributed by atoms with Gasteiger partial charge in [-0.25, -0.2) is 8.78 Å². The van der Waals surface area contributed by atoms with Crippen LogP contribution >= 0.6 is 0 Å². The molecule has 8 heteroatoms. The van der Waals surface area contributed by atoms with E-state index in [2.05, 4.69) is 10.7 Å². The topological polar surface area (TPSA) is 93.2 Å². The van der Waals surface area contributed by atoms with Gasteiger partial charge in [-0.15, -0.1) is 0 Å². The molecule has 2 aromatic carbocycles. The van der Waals surface area contributed by atoms with E-state index in [9.17, 15) is 18.9 Å². The van der Waals surface area contributed by atoms with E-state index in [1.165, 1.54) is 24.3 Å². The van der Waals surface area contributed by atoms with Gasteiger partial charge < -0.3 is 10.7 Å². The molecule has 0 heterocycles. The zero-order valence-corrected chi connectivity index (χ0v) is 10.1. The number of nitrogens with one attached hydrogen (secondary N) is 2. The summed E-state index contributed by atoms with van der Waals surface area (Å²) in [6, 6.07) is 7.45. The van der Waals surface area contributed by atoms with Crippen LogP contribution in [0.3, 0.4) is 0 Å². The van der Waals surface area contributed by atoms with Crippen molar-refractivity contribution >= 4 is 22.7 Å². The quantitative estimate of drug-likeness (QED) is 0.455. The normalized spacial score (nSPS) is 10.2. The molecule has 6 nitrogen and oxygen atoms in total. The lowest BCUT2D eigenvalue weighted by atomic mass is 10.2. The van der Waals surface area contributed by atoms with Crippen LogP contribution in [-0.4, -0.2) is 4.92 Å². The summed E-state index contributed by atoms with van der Waals surface area (Å²) >= 11 is 0. The molecule has 0 atom stereocenters. The van der Waals surface area contributed by atoms with Gasteiger partial charge in [-0.05, 0) is 24.3 Å². The van der Waals surface area contributed by atoms with Crippen LogP contribution in [0.15, 0.2) is 36.4 Å². The van der Waals surface area contributed by atoms with Crippen molar-refractivity contribution in [2.75, 3.05) is 10.7 Å². The van der Waals surface area contributed by atoms with E-state index in [0.29, 0.717) is 0 Å². The number of hydrogen-bond acceptors (Lipinski definition) is 5. The van der Waals surface area contributed by atoms with Crippen LogP contribution in [0, 0.1) is 21.7 Å². The minimum atomic E-state index is -0.856. The van der Waals surface area contributed by atoms with Gasteiger partial charge in [0.25, 0.3) is 0 Å². The molecule has 0 amide bonds. The smallest absolute Gasteiger partial charge is 0.316 e. The Bertz CT molecular complexity index is 644. The summed E-state index contributed by atoms with van der Waals surface area (Å²) in [4.78, 5) is 10.3. The zero-order valence-electron chi connectivity index (χ0n) is 10.1. The highest BCUT2D eigenvalue weighted by Gasteiger charge is 2.21. The Balaban J connectivity index is 2.51. The Kier molecular flexibility index (Phi) is 3.76. The minimum Gasteiger partial charge on any atom is -0.345 e. The number of benzene rings is 2. The fraction of sp³-hybridized carbons (Fsp3) is 0. The van der Waals surface area contributed by atoms with Crippen LogP contribution in [0.5, 0.6) is 0 Å². The highest BCUT2D eigenvalue weighted by Crippen LogP contribution is 2.35. The van der Waals surface area contributed by atoms with E-state index in [1.54, 1.807) is 0 Å². The van der Waals surface area contributed by atoms with Crippen LogP contribution in [-0.2, 0) is 0 Å². The SMILES string of the molecule is NNc1cccc(Nc2c(F)cccc2F)c1[N+](=O)[O-]. The van der Waals surface area contributed by atoms with Gasteiger partial charge in [-0.3, -0.25) is 16.0 Å². The van der Waals surface area contributed by atoms with Crippen molar-refractivity contribution in [3.05, 3.63) is 58.1 Å². The molecule has 0 aromatic heterocycles. The van der Waals surface area contributed by atoms with E-state index < -0.39 is 27.9 Å². The molecule has 0 saturated carbocycles. The number of rotatable bonds is 4. The van der Waals surface area contributed by atoms with Crippen LogP contribution in [0.25, 0.3) is 0 Å². The van der Waals surface area contributed by atoms with Crippen LogP contribution in [0.4, 0.5) is 31.5 Å². The summed E-state index contributed by atoms with van der Waals surface area (Å²) < 4.78 is 27.1. The molecule has 0 aliphatic rings. The summed E-state index contributed by atoms with van der Waals surface area (Å²) in [5.41, 5.74) is 1.24. The van der Waals surface area contributed by atoms with Crippen molar-refractivity contribution in [2.24, 2.45) is 5.84 Å². The van der Waals surface area contributed by atoms with Crippen LogP contribution < -0.4 is 16.6 Å². The molecule has 0 aliphatic carbocycles. The first kappa shape index (κ1) is 13.7. The molecule has 0 unspecified atom stereocenters. The van der Waals surface area contributed by atoms with E-state index in [4.69, 9.17) is 5.84 Å². The van der Waals surface area contributed by atoms with Crippen LogP contribution in [0.2, 0.25) is 0 Å². The molecule has 0 saturated heterocycles. The van der Waals surface area contributed by atoms with E-state index in [1.807, 2.05) is 0 Å². The molecule has 0 fully saturated rings. The average Bonchev–Trinajstić information content (AvgIpc) is 2.42. The van der Waals surface area contributed by atoms with E-state index in [0.717, 1.165) is 12.1 Å².